The topological polar surface area (TPSA) is 72.4 Å². The molecule has 0 amide bonds. The lowest BCUT2D eigenvalue weighted by Gasteiger charge is -2.00. The van der Waals surface area contributed by atoms with E-state index in [1.54, 1.807) is 42.6 Å². The first-order valence-electron chi connectivity index (χ1n) is 6.39. The largest absolute Gasteiger partial charge is 0.493 e. The minimum Gasteiger partial charge on any atom is -0.493 e. The van der Waals surface area contributed by atoms with Crippen LogP contribution < -0.4 is 5.69 Å². The van der Waals surface area contributed by atoms with Gasteiger partial charge in [-0.1, -0.05) is 18.2 Å². The lowest BCUT2D eigenvalue weighted by molar-refractivity contribution is 0.446. The van der Waals surface area contributed by atoms with E-state index in [2.05, 4.69) is 9.97 Å². The van der Waals surface area contributed by atoms with Gasteiger partial charge in [-0.2, -0.15) is 0 Å². The first-order valence-corrected chi connectivity index (χ1v) is 6.39. The highest BCUT2D eigenvalue weighted by Gasteiger charge is 2.17. The van der Waals surface area contributed by atoms with Crippen molar-refractivity contribution in [1.82, 2.24) is 18.9 Å². The van der Waals surface area contributed by atoms with E-state index < -0.39 is 0 Å². The highest BCUT2D eigenvalue weighted by atomic mass is 16.3. The Labute approximate surface area is 118 Å². The van der Waals surface area contributed by atoms with Gasteiger partial charge in [0, 0.05) is 6.20 Å². The summed E-state index contributed by atoms with van der Waals surface area (Å²) in [6, 6.07) is 12.5. The van der Waals surface area contributed by atoms with Crippen molar-refractivity contribution in [3.63, 3.8) is 0 Å². The van der Waals surface area contributed by atoms with Crippen LogP contribution in [-0.4, -0.2) is 24.0 Å². The molecule has 3 heterocycles. The predicted octanol–water partition coefficient (Wildman–Crippen LogP) is 1.74. The lowest BCUT2D eigenvalue weighted by atomic mass is 10.3. The van der Waals surface area contributed by atoms with Crippen LogP contribution in [0.3, 0.4) is 0 Å². The third kappa shape index (κ3) is 1.56. The van der Waals surface area contributed by atoms with Crippen LogP contribution in [0.2, 0.25) is 0 Å². The fourth-order valence-corrected chi connectivity index (χ4v) is 2.43. The van der Waals surface area contributed by atoms with Crippen molar-refractivity contribution in [3.05, 3.63) is 65.3 Å². The fourth-order valence-electron chi connectivity index (χ4n) is 2.43. The minimum absolute atomic E-state index is 0.147. The van der Waals surface area contributed by atoms with Crippen molar-refractivity contribution >= 4 is 16.7 Å². The van der Waals surface area contributed by atoms with Crippen molar-refractivity contribution in [2.75, 3.05) is 0 Å². The van der Waals surface area contributed by atoms with Gasteiger partial charge in [-0.05, 0) is 24.3 Å². The Balaban J connectivity index is 2.21. The standard InChI is InChI=1S/C15H10N4O2/c20-14-12-9-17-11-7-4-8-16-13(11)19(12)15(21)18(14)10-5-2-1-3-6-10/h1-9,20H. The van der Waals surface area contributed by atoms with Gasteiger partial charge in [0.15, 0.2) is 5.65 Å². The molecule has 0 unspecified atom stereocenters. The van der Waals surface area contributed by atoms with E-state index >= 15 is 0 Å². The fraction of sp³-hybridized carbons (Fsp3) is 0. The number of benzene rings is 1. The van der Waals surface area contributed by atoms with Crippen LogP contribution in [0.5, 0.6) is 5.88 Å². The average Bonchev–Trinajstić information content (AvgIpc) is 2.80. The molecule has 0 fully saturated rings. The van der Waals surface area contributed by atoms with Crippen molar-refractivity contribution < 1.29 is 5.11 Å². The Kier molecular flexibility index (Phi) is 2.32. The number of para-hydroxylation sites is 1. The normalized spacial score (nSPS) is 11.2. The second-order valence-electron chi connectivity index (χ2n) is 4.60. The van der Waals surface area contributed by atoms with Crippen LogP contribution in [-0.2, 0) is 0 Å². The minimum atomic E-state index is -0.375. The maximum Gasteiger partial charge on any atom is 0.342 e. The smallest absolute Gasteiger partial charge is 0.342 e. The number of imidazole rings is 1. The summed E-state index contributed by atoms with van der Waals surface area (Å²) in [6.45, 7) is 0. The van der Waals surface area contributed by atoms with Crippen LogP contribution in [0, 0.1) is 0 Å². The number of hydrogen-bond acceptors (Lipinski definition) is 4. The molecule has 4 aromatic rings. The Morgan fingerprint density at radius 2 is 1.81 bits per heavy atom. The summed E-state index contributed by atoms with van der Waals surface area (Å²) in [4.78, 5) is 21.1. The molecule has 0 saturated carbocycles. The summed E-state index contributed by atoms with van der Waals surface area (Å²) in [7, 11) is 0. The van der Waals surface area contributed by atoms with Gasteiger partial charge in [-0.3, -0.25) is 4.98 Å². The predicted molar refractivity (Wildman–Crippen MR) is 77.8 cm³/mol. The summed E-state index contributed by atoms with van der Waals surface area (Å²) < 4.78 is 2.61. The number of nitrogens with zero attached hydrogens (tertiary/aromatic N) is 4. The van der Waals surface area contributed by atoms with Crippen LogP contribution >= 0.6 is 0 Å². The zero-order valence-electron chi connectivity index (χ0n) is 10.8. The van der Waals surface area contributed by atoms with Crippen molar-refractivity contribution in [1.29, 1.82) is 0 Å². The molecule has 4 rings (SSSR count). The Hall–Kier alpha value is -3.15. The zero-order valence-corrected chi connectivity index (χ0v) is 10.8. The Bertz CT molecular complexity index is 1020. The molecule has 6 heteroatoms. The van der Waals surface area contributed by atoms with Crippen LogP contribution in [0.25, 0.3) is 22.4 Å². The molecule has 0 saturated heterocycles. The van der Waals surface area contributed by atoms with Gasteiger partial charge < -0.3 is 5.11 Å². The van der Waals surface area contributed by atoms with Crippen LogP contribution in [0.1, 0.15) is 0 Å². The molecule has 6 nitrogen and oxygen atoms in total. The number of hydrogen-bond donors (Lipinski definition) is 1. The second kappa shape index (κ2) is 4.17. The SMILES string of the molecule is O=c1n(-c2ccccc2)c(O)c2cnc3cccnc3n12. The molecule has 0 aliphatic rings. The molecule has 1 aromatic carbocycles. The molecule has 21 heavy (non-hydrogen) atoms. The van der Waals surface area contributed by atoms with Gasteiger partial charge in [0.05, 0.1) is 11.9 Å². The molecule has 3 aromatic heterocycles. The number of pyridine rings is 1. The number of aromatic nitrogens is 4. The third-order valence-electron chi connectivity index (χ3n) is 3.38. The van der Waals surface area contributed by atoms with E-state index in [9.17, 15) is 9.90 Å². The van der Waals surface area contributed by atoms with E-state index in [-0.39, 0.29) is 11.6 Å². The average molecular weight is 278 g/mol. The molecule has 0 aliphatic carbocycles. The second-order valence-corrected chi connectivity index (χ2v) is 4.60. The quantitative estimate of drug-likeness (QED) is 0.575. The summed E-state index contributed by atoms with van der Waals surface area (Å²) in [5, 5.41) is 10.4. The molecule has 0 bridgehead atoms. The molecule has 0 spiro atoms. The van der Waals surface area contributed by atoms with Gasteiger partial charge in [0.2, 0.25) is 5.88 Å². The van der Waals surface area contributed by atoms with Crippen LogP contribution in [0.4, 0.5) is 0 Å². The summed E-state index contributed by atoms with van der Waals surface area (Å²) in [6.07, 6.45) is 3.06. The highest BCUT2D eigenvalue weighted by Crippen LogP contribution is 2.22. The van der Waals surface area contributed by atoms with Gasteiger partial charge in [0.25, 0.3) is 0 Å². The molecule has 0 atom stereocenters. The van der Waals surface area contributed by atoms with E-state index in [4.69, 9.17) is 0 Å². The first kappa shape index (κ1) is 11.7. The number of rotatable bonds is 1. The van der Waals surface area contributed by atoms with Gasteiger partial charge in [-0.15, -0.1) is 0 Å². The maximum atomic E-state index is 12.7. The van der Waals surface area contributed by atoms with Gasteiger partial charge >= 0.3 is 5.69 Å². The summed E-state index contributed by atoms with van der Waals surface area (Å²) in [5.74, 6) is -0.147. The van der Waals surface area contributed by atoms with Crippen molar-refractivity contribution in [2.24, 2.45) is 0 Å². The van der Waals surface area contributed by atoms with Gasteiger partial charge in [0.1, 0.15) is 11.0 Å². The van der Waals surface area contributed by atoms with Crippen LogP contribution in [0.15, 0.2) is 59.7 Å². The van der Waals surface area contributed by atoms with E-state index in [0.29, 0.717) is 22.4 Å². The number of aromatic hydroxyl groups is 1. The molecule has 0 radical (unpaired) electrons. The van der Waals surface area contributed by atoms with Crippen molar-refractivity contribution in [2.45, 2.75) is 0 Å². The molecular weight excluding hydrogens is 268 g/mol. The van der Waals surface area contributed by atoms with E-state index in [1.807, 2.05) is 6.07 Å². The molecular formula is C15H10N4O2. The Morgan fingerprint density at radius 3 is 2.62 bits per heavy atom. The van der Waals surface area contributed by atoms with E-state index in [1.165, 1.54) is 15.2 Å². The number of fused-ring (bicyclic) bond motifs is 3. The highest BCUT2D eigenvalue weighted by molar-refractivity contribution is 5.76. The zero-order chi connectivity index (χ0) is 14.4. The molecule has 0 aliphatic heterocycles. The van der Waals surface area contributed by atoms with Gasteiger partial charge in [-0.25, -0.2) is 18.7 Å². The molecule has 102 valence electrons. The summed E-state index contributed by atoms with van der Waals surface area (Å²) >= 11 is 0. The monoisotopic (exact) mass is 278 g/mol. The molecule has 1 N–H and O–H groups in total. The van der Waals surface area contributed by atoms with Crippen molar-refractivity contribution in [3.8, 4) is 11.6 Å². The Morgan fingerprint density at radius 1 is 1.00 bits per heavy atom. The third-order valence-corrected chi connectivity index (χ3v) is 3.38. The lowest BCUT2D eigenvalue weighted by Crippen LogP contribution is -2.19. The first-order chi connectivity index (χ1) is 10.3. The van der Waals surface area contributed by atoms with E-state index in [0.717, 1.165) is 0 Å². The maximum absolute atomic E-state index is 12.7. The summed E-state index contributed by atoms with van der Waals surface area (Å²) in [5.41, 5.74) is 1.56.